The van der Waals surface area contributed by atoms with Gasteiger partial charge >= 0.3 is 0 Å². The quantitative estimate of drug-likeness (QED) is 0.774. The summed E-state index contributed by atoms with van der Waals surface area (Å²) in [6, 6.07) is 0.249. The molecule has 2 unspecified atom stereocenters. The summed E-state index contributed by atoms with van der Waals surface area (Å²) in [4.78, 5) is 14.7. The first-order valence-electron chi connectivity index (χ1n) is 8.40. The van der Waals surface area contributed by atoms with Crippen LogP contribution in [-0.4, -0.2) is 62.3 Å². The molecule has 1 amide bonds. The van der Waals surface area contributed by atoms with Crippen LogP contribution in [0.3, 0.4) is 0 Å². The molecule has 0 aliphatic carbocycles. The molecule has 0 aromatic heterocycles. The molecule has 0 spiro atoms. The molecule has 2 aliphatic rings. The SMILES string of the molecule is CC1CCN(C(CNC(=O)C2COCCN2)C(C)C)CC1.Cl.Cl. The fraction of sp³-hybridized carbons (Fsp3) is 0.938. The van der Waals surface area contributed by atoms with Gasteiger partial charge in [-0.3, -0.25) is 9.69 Å². The second kappa shape index (κ2) is 11.5. The predicted octanol–water partition coefficient (Wildman–Crippen LogP) is 1.69. The molecule has 23 heavy (non-hydrogen) atoms. The molecule has 2 saturated heterocycles. The monoisotopic (exact) mass is 369 g/mol. The van der Waals surface area contributed by atoms with Crippen LogP contribution in [0.5, 0.6) is 0 Å². The minimum Gasteiger partial charge on any atom is -0.378 e. The van der Waals surface area contributed by atoms with Gasteiger partial charge in [0, 0.05) is 19.1 Å². The molecule has 2 heterocycles. The Kier molecular flexibility index (Phi) is 11.4. The number of piperidine rings is 1. The molecule has 2 N–H and O–H groups in total. The summed E-state index contributed by atoms with van der Waals surface area (Å²) < 4.78 is 5.35. The maximum Gasteiger partial charge on any atom is 0.239 e. The topological polar surface area (TPSA) is 53.6 Å². The molecule has 2 atom stereocenters. The maximum absolute atomic E-state index is 12.2. The van der Waals surface area contributed by atoms with Gasteiger partial charge in [-0.05, 0) is 37.8 Å². The molecule has 2 rings (SSSR count). The second-order valence-corrected chi connectivity index (χ2v) is 6.86. The van der Waals surface area contributed by atoms with Crippen molar-refractivity contribution in [2.24, 2.45) is 11.8 Å². The Morgan fingerprint density at radius 2 is 1.96 bits per heavy atom. The number of nitrogens with zero attached hydrogens (tertiary/aromatic N) is 1. The van der Waals surface area contributed by atoms with Crippen molar-refractivity contribution >= 4 is 30.7 Å². The summed E-state index contributed by atoms with van der Waals surface area (Å²) in [5, 5.41) is 6.33. The minimum atomic E-state index is -0.187. The number of carbonyl (C=O) groups is 1. The fourth-order valence-corrected chi connectivity index (χ4v) is 3.21. The molecule has 0 aromatic carbocycles. The molecule has 2 fully saturated rings. The van der Waals surface area contributed by atoms with Crippen LogP contribution in [0.15, 0.2) is 0 Å². The summed E-state index contributed by atoms with van der Waals surface area (Å²) in [6.07, 6.45) is 2.55. The number of amides is 1. The molecule has 0 saturated carbocycles. The fourth-order valence-electron chi connectivity index (χ4n) is 3.21. The molecule has 0 aromatic rings. The molecule has 0 radical (unpaired) electrons. The van der Waals surface area contributed by atoms with Gasteiger partial charge in [-0.1, -0.05) is 20.8 Å². The van der Waals surface area contributed by atoms with Crippen molar-refractivity contribution in [1.82, 2.24) is 15.5 Å². The van der Waals surface area contributed by atoms with Crippen molar-refractivity contribution in [2.45, 2.75) is 45.7 Å². The lowest BCUT2D eigenvalue weighted by atomic mass is 9.94. The normalized spacial score (nSPS) is 24.4. The van der Waals surface area contributed by atoms with Crippen LogP contribution < -0.4 is 10.6 Å². The van der Waals surface area contributed by atoms with Crippen molar-refractivity contribution in [3.05, 3.63) is 0 Å². The molecular weight excluding hydrogens is 337 g/mol. The summed E-state index contributed by atoms with van der Waals surface area (Å²) in [5.74, 6) is 1.47. The lowest BCUT2D eigenvalue weighted by molar-refractivity contribution is -0.126. The largest absolute Gasteiger partial charge is 0.378 e. The molecule has 7 heteroatoms. The van der Waals surface area contributed by atoms with Crippen molar-refractivity contribution in [1.29, 1.82) is 0 Å². The lowest BCUT2D eigenvalue weighted by Gasteiger charge is -2.39. The molecule has 5 nitrogen and oxygen atoms in total. The lowest BCUT2D eigenvalue weighted by Crippen LogP contribution is -2.55. The third-order valence-corrected chi connectivity index (χ3v) is 4.78. The third kappa shape index (κ3) is 7.14. The van der Waals surface area contributed by atoms with E-state index < -0.39 is 0 Å². The molecular formula is C16H33Cl2N3O2. The smallest absolute Gasteiger partial charge is 0.239 e. The van der Waals surface area contributed by atoms with E-state index in [9.17, 15) is 4.79 Å². The van der Waals surface area contributed by atoms with E-state index in [2.05, 4.69) is 36.3 Å². The Labute approximate surface area is 153 Å². The summed E-state index contributed by atoms with van der Waals surface area (Å²) in [5.41, 5.74) is 0. The van der Waals surface area contributed by atoms with E-state index in [0.717, 1.165) is 32.1 Å². The number of hydrogen-bond acceptors (Lipinski definition) is 4. The molecule has 138 valence electrons. The van der Waals surface area contributed by atoms with Crippen LogP contribution in [0.25, 0.3) is 0 Å². The van der Waals surface area contributed by atoms with E-state index in [0.29, 0.717) is 25.2 Å². The van der Waals surface area contributed by atoms with Gasteiger partial charge < -0.3 is 15.4 Å². The van der Waals surface area contributed by atoms with Gasteiger partial charge in [-0.15, -0.1) is 24.8 Å². The number of nitrogens with one attached hydrogen (secondary N) is 2. The number of morpholine rings is 1. The van der Waals surface area contributed by atoms with Crippen LogP contribution in [0.2, 0.25) is 0 Å². The Hall–Kier alpha value is -0.0700. The van der Waals surface area contributed by atoms with Gasteiger partial charge in [-0.2, -0.15) is 0 Å². The number of carbonyl (C=O) groups excluding carboxylic acids is 1. The van der Waals surface area contributed by atoms with Crippen LogP contribution in [-0.2, 0) is 9.53 Å². The Balaban J connectivity index is 0.00000242. The first-order valence-corrected chi connectivity index (χ1v) is 8.40. The summed E-state index contributed by atoms with van der Waals surface area (Å²) >= 11 is 0. The van der Waals surface area contributed by atoms with E-state index in [1.54, 1.807) is 0 Å². The standard InChI is InChI=1S/C16H31N3O2.2ClH/c1-12(2)15(19-7-4-13(3)5-8-19)10-18-16(20)14-11-21-9-6-17-14;;/h12-15,17H,4-11H2,1-3H3,(H,18,20);2*1H. The number of likely N-dealkylation sites (tertiary alicyclic amines) is 1. The zero-order valence-electron chi connectivity index (χ0n) is 14.5. The van der Waals surface area contributed by atoms with Crippen LogP contribution in [0, 0.1) is 11.8 Å². The zero-order valence-corrected chi connectivity index (χ0v) is 16.2. The number of rotatable bonds is 5. The van der Waals surface area contributed by atoms with Crippen LogP contribution >= 0.6 is 24.8 Å². The Morgan fingerprint density at radius 1 is 1.30 bits per heavy atom. The highest BCUT2D eigenvalue weighted by Gasteiger charge is 2.27. The average molecular weight is 370 g/mol. The first-order chi connectivity index (χ1) is 10.1. The van der Waals surface area contributed by atoms with E-state index in [-0.39, 0.29) is 36.8 Å². The highest BCUT2D eigenvalue weighted by atomic mass is 35.5. The van der Waals surface area contributed by atoms with Gasteiger partial charge in [-0.25, -0.2) is 0 Å². The zero-order chi connectivity index (χ0) is 15.2. The maximum atomic E-state index is 12.2. The van der Waals surface area contributed by atoms with Crippen molar-refractivity contribution in [2.75, 3.05) is 39.4 Å². The van der Waals surface area contributed by atoms with E-state index >= 15 is 0 Å². The van der Waals surface area contributed by atoms with Crippen molar-refractivity contribution in [3.8, 4) is 0 Å². The van der Waals surface area contributed by atoms with E-state index in [1.807, 2.05) is 0 Å². The highest BCUT2D eigenvalue weighted by Crippen LogP contribution is 2.21. The molecule has 2 aliphatic heterocycles. The third-order valence-electron chi connectivity index (χ3n) is 4.78. The number of ether oxygens (including phenoxy) is 1. The van der Waals surface area contributed by atoms with Crippen molar-refractivity contribution in [3.63, 3.8) is 0 Å². The minimum absolute atomic E-state index is 0. The van der Waals surface area contributed by atoms with Gasteiger partial charge in [0.05, 0.1) is 13.2 Å². The Bertz CT molecular complexity index is 331. The first kappa shape index (κ1) is 22.9. The molecule has 0 bridgehead atoms. The van der Waals surface area contributed by atoms with Crippen LogP contribution in [0.1, 0.15) is 33.6 Å². The van der Waals surface area contributed by atoms with Gasteiger partial charge in [0.1, 0.15) is 6.04 Å². The van der Waals surface area contributed by atoms with E-state index in [1.165, 1.54) is 12.8 Å². The van der Waals surface area contributed by atoms with Gasteiger partial charge in [0.25, 0.3) is 0 Å². The van der Waals surface area contributed by atoms with Gasteiger partial charge in [0.2, 0.25) is 5.91 Å². The van der Waals surface area contributed by atoms with Gasteiger partial charge in [0.15, 0.2) is 0 Å². The van der Waals surface area contributed by atoms with E-state index in [4.69, 9.17) is 4.74 Å². The Morgan fingerprint density at radius 3 is 2.48 bits per heavy atom. The highest BCUT2D eigenvalue weighted by molar-refractivity contribution is 5.85. The second-order valence-electron chi connectivity index (χ2n) is 6.86. The van der Waals surface area contributed by atoms with Crippen LogP contribution in [0.4, 0.5) is 0 Å². The summed E-state index contributed by atoms with van der Waals surface area (Å²) in [7, 11) is 0. The summed E-state index contributed by atoms with van der Waals surface area (Å²) in [6.45, 7) is 11.8. The predicted molar refractivity (Wildman–Crippen MR) is 98.7 cm³/mol. The average Bonchev–Trinajstić information content (AvgIpc) is 2.49. The van der Waals surface area contributed by atoms with Crippen molar-refractivity contribution < 1.29 is 9.53 Å². The number of halogens is 2. The number of hydrogen-bond donors (Lipinski definition) is 2.